The molecule has 2 N–H and O–H groups in total. The van der Waals surface area contributed by atoms with Gasteiger partial charge in [0, 0.05) is 12.1 Å². The van der Waals surface area contributed by atoms with Crippen LogP contribution in [0, 0.1) is 0 Å². The fourth-order valence-electron chi connectivity index (χ4n) is 1.09. The molecule has 0 unspecified atom stereocenters. The molecule has 82 valence electrons. The molecule has 0 radical (unpaired) electrons. The van der Waals surface area contributed by atoms with E-state index in [1.807, 2.05) is 0 Å². The summed E-state index contributed by atoms with van der Waals surface area (Å²) >= 11 is 0. The van der Waals surface area contributed by atoms with Crippen LogP contribution in [0.5, 0.6) is 0 Å². The molecule has 0 aliphatic rings. The van der Waals surface area contributed by atoms with Crippen LogP contribution in [-0.4, -0.2) is 24.2 Å². The van der Waals surface area contributed by atoms with Gasteiger partial charge in [0.1, 0.15) is 0 Å². The number of nitrogens with one attached hydrogen (secondary N) is 1. The van der Waals surface area contributed by atoms with Gasteiger partial charge in [-0.15, -0.1) is 0 Å². The van der Waals surface area contributed by atoms with E-state index >= 15 is 0 Å². The molecule has 0 aromatic carbocycles. The number of rotatable bonds is 8. The minimum absolute atomic E-state index is 0.408. The quantitative estimate of drug-likeness (QED) is 0.465. The van der Waals surface area contributed by atoms with Crippen LogP contribution in [0.1, 0.15) is 39.5 Å². The molecule has 0 amide bonds. The number of hydrogen-bond acceptors (Lipinski definition) is 2. The number of carboxylic acid groups (broad SMARTS) is 1. The lowest BCUT2D eigenvalue weighted by atomic mass is 10.2. The van der Waals surface area contributed by atoms with Crippen molar-refractivity contribution in [1.29, 1.82) is 0 Å². The van der Waals surface area contributed by atoms with Crippen LogP contribution >= 0.6 is 0 Å². The second kappa shape index (κ2) is 8.75. The smallest absolute Gasteiger partial charge is 0.330 e. The second-order valence-corrected chi connectivity index (χ2v) is 3.46. The summed E-state index contributed by atoms with van der Waals surface area (Å²) in [6, 6.07) is 0. The van der Waals surface area contributed by atoms with E-state index < -0.39 is 5.97 Å². The lowest BCUT2D eigenvalue weighted by molar-refractivity contribution is -0.132. The molecule has 0 aromatic rings. The molecule has 0 rings (SSSR count). The van der Waals surface area contributed by atoms with Crippen LogP contribution in [-0.2, 0) is 4.79 Å². The van der Waals surface area contributed by atoms with Crippen molar-refractivity contribution in [1.82, 2.24) is 5.32 Å². The van der Waals surface area contributed by atoms with Gasteiger partial charge < -0.3 is 10.4 Å². The Bertz CT molecular complexity index is 188. The summed E-state index contributed by atoms with van der Waals surface area (Å²) in [5, 5.41) is 11.7. The number of hydrogen-bond donors (Lipinski definition) is 2. The molecule has 0 aliphatic carbocycles. The number of carbonyl (C=O) groups is 1. The maximum absolute atomic E-state index is 10.4. The normalized spacial score (nSPS) is 11.7. The summed E-state index contributed by atoms with van der Waals surface area (Å²) in [5.41, 5.74) is 0.408. The van der Waals surface area contributed by atoms with E-state index in [4.69, 9.17) is 5.11 Å². The molecular weight excluding hydrogens is 178 g/mol. The van der Waals surface area contributed by atoms with Gasteiger partial charge in [0.25, 0.3) is 0 Å². The highest BCUT2D eigenvalue weighted by molar-refractivity contribution is 5.85. The molecule has 3 heteroatoms. The molecule has 0 bridgehead atoms. The van der Waals surface area contributed by atoms with Gasteiger partial charge in [-0.1, -0.05) is 32.3 Å². The zero-order chi connectivity index (χ0) is 10.8. The van der Waals surface area contributed by atoms with Crippen molar-refractivity contribution in [3.05, 3.63) is 11.6 Å². The van der Waals surface area contributed by atoms with E-state index in [2.05, 4.69) is 12.2 Å². The van der Waals surface area contributed by atoms with Crippen LogP contribution in [0.2, 0.25) is 0 Å². The Hall–Kier alpha value is -0.830. The SMILES string of the molecule is CCCCCCNCC=C(C)C(=O)O. The average Bonchev–Trinajstić information content (AvgIpc) is 2.16. The Morgan fingerprint density at radius 3 is 2.64 bits per heavy atom. The van der Waals surface area contributed by atoms with Crippen molar-refractivity contribution in [2.75, 3.05) is 13.1 Å². The Labute approximate surface area is 86.2 Å². The Kier molecular flexibility index (Phi) is 8.24. The molecule has 0 aliphatic heterocycles. The summed E-state index contributed by atoms with van der Waals surface area (Å²) in [4.78, 5) is 10.4. The monoisotopic (exact) mass is 199 g/mol. The number of unbranched alkanes of at least 4 members (excludes halogenated alkanes) is 3. The van der Waals surface area contributed by atoms with Crippen LogP contribution in [0.15, 0.2) is 11.6 Å². The minimum Gasteiger partial charge on any atom is -0.478 e. The summed E-state index contributed by atoms with van der Waals surface area (Å²) in [7, 11) is 0. The van der Waals surface area contributed by atoms with Crippen molar-refractivity contribution in [3.63, 3.8) is 0 Å². The maximum Gasteiger partial charge on any atom is 0.330 e. The highest BCUT2D eigenvalue weighted by Crippen LogP contribution is 1.97. The fraction of sp³-hybridized carbons (Fsp3) is 0.727. The predicted molar refractivity (Wildman–Crippen MR) is 58.4 cm³/mol. The van der Waals surface area contributed by atoms with Crippen molar-refractivity contribution >= 4 is 5.97 Å². The minimum atomic E-state index is -0.835. The molecule has 0 aromatic heterocycles. The Morgan fingerprint density at radius 1 is 1.36 bits per heavy atom. The van der Waals surface area contributed by atoms with Crippen molar-refractivity contribution in [3.8, 4) is 0 Å². The molecule has 0 spiro atoms. The third-order valence-corrected chi connectivity index (χ3v) is 2.10. The van der Waals surface area contributed by atoms with E-state index in [1.54, 1.807) is 13.0 Å². The van der Waals surface area contributed by atoms with Crippen molar-refractivity contribution in [2.45, 2.75) is 39.5 Å². The summed E-state index contributed by atoms with van der Waals surface area (Å²) < 4.78 is 0. The standard InChI is InChI=1S/C11H21NO2/c1-3-4-5-6-8-12-9-7-10(2)11(13)14/h7,12H,3-6,8-9H2,1-2H3,(H,13,14). The zero-order valence-corrected chi connectivity index (χ0v) is 9.18. The molecule has 3 nitrogen and oxygen atoms in total. The van der Waals surface area contributed by atoms with Gasteiger partial charge in [0.05, 0.1) is 0 Å². The van der Waals surface area contributed by atoms with Gasteiger partial charge in [-0.05, 0) is 19.9 Å². The van der Waals surface area contributed by atoms with Gasteiger partial charge in [-0.3, -0.25) is 0 Å². The van der Waals surface area contributed by atoms with Gasteiger partial charge >= 0.3 is 5.97 Å². The molecule has 0 atom stereocenters. The van der Waals surface area contributed by atoms with Crippen molar-refractivity contribution < 1.29 is 9.90 Å². The van der Waals surface area contributed by atoms with Crippen LogP contribution in [0.25, 0.3) is 0 Å². The summed E-state index contributed by atoms with van der Waals surface area (Å²) in [5.74, 6) is -0.835. The van der Waals surface area contributed by atoms with E-state index in [-0.39, 0.29) is 0 Å². The average molecular weight is 199 g/mol. The lowest BCUT2D eigenvalue weighted by Gasteiger charge is -2.01. The van der Waals surface area contributed by atoms with Gasteiger partial charge in [0.2, 0.25) is 0 Å². The topological polar surface area (TPSA) is 49.3 Å². The molecule has 0 saturated carbocycles. The van der Waals surface area contributed by atoms with Gasteiger partial charge in [-0.25, -0.2) is 4.79 Å². The fourth-order valence-corrected chi connectivity index (χ4v) is 1.09. The highest BCUT2D eigenvalue weighted by atomic mass is 16.4. The van der Waals surface area contributed by atoms with E-state index in [1.165, 1.54) is 25.7 Å². The largest absolute Gasteiger partial charge is 0.478 e. The molecular formula is C11H21NO2. The van der Waals surface area contributed by atoms with Crippen LogP contribution in [0.3, 0.4) is 0 Å². The summed E-state index contributed by atoms with van der Waals surface area (Å²) in [6.45, 7) is 5.43. The third-order valence-electron chi connectivity index (χ3n) is 2.10. The number of carboxylic acids is 1. The Morgan fingerprint density at radius 2 is 2.07 bits per heavy atom. The Balaban J connectivity index is 3.29. The van der Waals surface area contributed by atoms with Crippen LogP contribution < -0.4 is 5.32 Å². The predicted octanol–water partition coefficient (Wildman–Crippen LogP) is 2.19. The molecule has 0 saturated heterocycles. The van der Waals surface area contributed by atoms with E-state index in [0.29, 0.717) is 12.1 Å². The van der Waals surface area contributed by atoms with Crippen LogP contribution in [0.4, 0.5) is 0 Å². The highest BCUT2D eigenvalue weighted by Gasteiger charge is 1.96. The van der Waals surface area contributed by atoms with E-state index in [9.17, 15) is 4.79 Å². The third kappa shape index (κ3) is 7.80. The first kappa shape index (κ1) is 13.2. The first-order valence-electron chi connectivity index (χ1n) is 5.29. The summed E-state index contributed by atoms with van der Waals surface area (Å²) in [6.07, 6.45) is 6.67. The van der Waals surface area contributed by atoms with E-state index in [0.717, 1.165) is 6.54 Å². The first-order chi connectivity index (χ1) is 6.68. The first-order valence-corrected chi connectivity index (χ1v) is 5.29. The van der Waals surface area contributed by atoms with Gasteiger partial charge in [0.15, 0.2) is 0 Å². The number of aliphatic carboxylic acids is 1. The molecule has 0 heterocycles. The molecule has 0 fully saturated rings. The maximum atomic E-state index is 10.4. The molecule has 14 heavy (non-hydrogen) atoms. The zero-order valence-electron chi connectivity index (χ0n) is 9.18. The van der Waals surface area contributed by atoms with Crippen molar-refractivity contribution in [2.24, 2.45) is 0 Å². The van der Waals surface area contributed by atoms with Gasteiger partial charge in [-0.2, -0.15) is 0 Å². The second-order valence-electron chi connectivity index (χ2n) is 3.46. The lowest BCUT2D eigenvalue weighted by Crippen LogP contribution is -2.16.